The van der Waals surface area contributed by atoms with E-state index in [1.54, 1.807) is 6.07 Å². The number of anilines is 2. The summed E-state index contributed by atoms with van der Waals surface area (Å²) in [5, 5.41) is 11.2. The number of benzene rings is 1. The molecule has 1 aliphatic rings. The Balaban J connectivity index is 1.77. The maximum absolute atomic E-state index is 11.2. The maximum Gasteiger partial charge on any atom is 0.334 e. The molecule has 0 bridgehead atoms. The van der Waals surface area contributed by atoms with Gasteiger partial charge in [0.1, 0.15) is 5.69 Å². The fourth-order valence-corrected chi connectivity index (χ4v) is 3.08. The second-order valence-electron chi connectivity index (χ2n) is 5.49. The molecule has 0 unspecified atom stereocenters. The van der Waals surface area contributed by atoms with Crippen LogP contribution in [0.25, 0.3) is 0 Å². The number of aromatic nitrogens is 1. The van der Waals surface area contributed by atoms with Crippen LogP contribution >= 0.6 is 0 Å². The van der Waals surface area contributed by atoms with E-state index in [1.165, 1.54) is 11.8 Å². The lowest BCUT2D eigenvalue weighted by molar-refractivity contribution is -0.383. The topological polar surface area (TPSA) is 85.3 Å². The first-order valence-electron chi connectivity index (χ1n) is 7.35. The molecule has 0 aliphatic carbocycles. The summed E-state index contributed by atoms with van der Waals surface area (Å²) in [4.78, 5) is 16.7. The predicted molar refractivity (Wildman–Crippen MR) is 85.9 cm³/mol. The molecule has 2 heterocycles. The minimum absolute atomic E-state index is 0.0207. The smallest absolute Gasteiger partial charge is 0.334 e. The molecule has 1 saturated heterocycles. The summed E-state index contributed by atoms with van der Waals surface area (Å²) < 4.78 is 0. The maximum atomic E-state index is 11.2. The summed E-state index contributed by atoms with van der Waals surface area (Å²) >= 11 is 0. The number of piperidine rings is 1. The highest BCUT2D eigenvalue weighted by atomic mass is 16.6. The van der Waals surface area contributed by atoms with Crippen LogP contribution in [0, 0.1) is 10.1 Å². The lowest BCUT2D eigenvalue weighted by atomic mass is 9.89. The van der Waals surface area contributed by atoms with Gasteiger partial charge in [0.2, 0.25) is 5.82 Å². The van der Waals surface area contributed by atoms with E-state index in [-0.39, 0.29) is 11.5 Å². The summed E-state index contributed by atoms with van der Waals surface area (Å²) in [6.07, 6.45) is 3.48. The molecule has 1 aromatic heterocycles. The lowest BCUT2D eigenvalue weighted by Gasteiger charge is -2.33. The van der Waals surface area contributed by atoms with Crippen molar-refractivity contribution in [1.29, 1.82) is 0 Å². The normalized spacial score (nSPS) is 15.7. The fraction of sp³-hybridized carbons (Fsp3) is 0.312. The van der Waals surface area contributed by atoms with E-state index in [4.69, 9.17) is 5.73 Å². The van der Waals surface area contributed by atoms with E-state index >= 15 is 0 Å². The Morgan fingerprint density at radius 2 is 1.86 bits per heavy atom. The van der Waals surface area contributed by atoms with Gasteiger partial charge in [0.05, 0.1) is 4.92 Å². The number of hydrogen-bond acceptors (Lipinski definition) is 5. The van der Waals surface area contributed by atoms with Gasteiger partial charge in [-0.3, -0.25) is 10.1 Å². The molecule has 2 N–H and O–H groups in total. The number of rotatable bonds is 3. The number of nitrogen functional groups attached to an aromatic ring is 1. The van der Waals surface area contributed by atoms with Crippen LogP contribution in [0.5, 0.6) is 0 Å². The third-order valence-electron chi connectivity index (χ3n) is 4.22. The summed E-state index contributed by atoms with van der Waals surface area (Å²) in [6.45, 7) is 1.56. The molecule has 1 fully saturated rings. The van der Waals surface area contributed by atoms with Crippen LogP contribution in [0.2, 0.25) is 0 Å². The van der Waals surface area contributed by atoms with Gasteiger partial charge >= 0.3 is 5.69 Å². The molecule has 2 aromatic rings. The van der Waals surface area contributed by atoms with Crippen molar-refractivity contribution in [3.63, 3.8) is 0 Å². The Bertz CT molecular complexity index is 667. The average Bonchev–Trinajstić information content (AvgIpc) is 2.55. The van der Waals surface area contributed by atoms with Crippen LogP contribution in [-0.2, 0) is 0 Å². The summed E-state index contributed by atoms with van der Waals surface area (Å²) in [6, 6.07) is 12.1. The minimum atomic E-state index is -0.444. The standard InChI is InChI=1S/C16H18N4O2/c17-16-15(20(21)22)14(6-9-18-16)19-10-7-13(8-11-19)12-4-2-1-3-5-12/h1-6,9,13H,7-8,10-11H2,(H2,17,18). The lowest BCUT2D eigenvalue weighted by Crippen LogP contribution is -2.33. The number of pyridine rings is 1. The van der Waals surface area contributed by atoms with E-state index < -0.39 is 4.92 Å². The fourth-order valence-electron chi connectivity index (χ4n) is 3.08. The molecule has 0 spiro atoms. The Morgan fingerprint density at radius 1 is 1.18 bits per heavy atom. The second-order valence-corrected chi connectivity index (χ2v) is 5.49. The van der Waals surface area contributed by atoms with Gasteiger partial charge in [-0.05, 0) is 30.4 Å². The van der Waals surface area contributed by atoms with Gasteiger partial charge in [0.15, 0.2) is 0 Å². The van der Waals surface area contributed by atoms with Gasteiger partial charge in [-0.1, -0.05) is 30.3 Å². The molecule has 6 heteroatoms. The van der Waals surface area contributed by atoms with Crippen molar-refractivity contribution < 1.29 is 4.92 Å². The van der Waals surface area contributed by atoms with E-state index in [0.29, 0.717) is 11.6 Å². The highest BCUT2D eigenvalue weighted by Gasteiger charge is 2.27. The zero-order valence-electron chi connectivity index (χ0n) is 12.2. The number of nitrogens with zero attached hydrogens (tertiary/aromatic N) is 3. The van der Waals surface area contributed by atoms with E-state index in [0.717, 1.165) is 25.9 Å². The monoisotopic (exact) mass is 298 g/mol. The molecule has 0 atom stereocenters. The molecule has 0 radical (unpaired) electrons. The van der Waals surface area contributed by atoms with Crippen LogP contribution in [-0.4, -0.2) is 23.0 Å². The number of nitro groups is 1. The van der Waals surface area contributed by atoms with Crippen molar-refractivity contribution in [3.8, 4) is 0 Å². The van der Waals surface area contributed by atoms with Crippen LogP contribution in [0.3, 0.4) is 0 Å². The molecule has 1 aromatic carbocycles. The molecule has 1 aliphatic heterocycles. The first-order valence-corrected chi connectivity index (χ1v) is 7.35. The van der Waals surface area contributed by atoms with Crippen molar-refractivity contribution in [1.82, 2.24) is 4.98 Å². The van der Waals surface area contributed by atoms with Gasteiger partial charge in [-0.15, -0.1) is 0 Å². The molecule has 22 heavy (non-hydrogen) atoms. The molecule has 0 amide bonds. The van der Waals surface area contributed by atoms with Crippen LogP contribution in [0.4, 0.5) is 17.2 Å². The van der Waals surface area contributed by atoms with Gasteiger partial charge in [0.25, 0.3) is 0 Å². The number of nitrogens with two attached hydrogens (primary N) is 1. The Kier molecular flexibility index (Phi) is 3.91. The van der Waals surface area contributed by atoms with Crippen LogP contribution < -0.4 is 10.6 Å². The Hall–Kier alpha value is -2.63. The second kappa shape index (κ2) is 6.01. The van der Waals surface area contributed by atoms with Crippen molar-refractivity contribution in [2.45, 2.75) is 18.8 Å². The van der Waals surface area contributed by atoms with Gasteiger partial charge in [-0.2, -0.15) is 0 Å². The van der Waals surface area contributed by atoms with E-state index in [2.05, 4.69) is 29.2 Å². The van der Waals surface area contributed by atoms with Crippen LogP contribution in [0.15, 0.2) is 42.6 Å². The third-order valence-corrected chi connectivity index (χ3v) is 4.22. The summed E-state index contributed by atoms with van der Waals surface area (Å²) in [7, 11) is 0. The molecule has 114 valence electrons. The molecular formula is C16H18N4O2. The first-order chi connectivity index (χ1) is 10.7. The van der Waals surface area contributed by atoms with E-state index in [1.807, 2.05) is 11.0 Å². The molecule has 3 rings (SSSR count). The zero-order valence-corrected chi connectivity index (χ0v) is 12.2. The average molecular weight is 298 g/mol. The molecule has 6 nitrogen and oxygen atoms in total. The van der Waals surface area contributed by atoms with Crippen molar-refractivity contribution in [3.05, 3.63) is 58.3 Å². The molecular weight excluding hydrogens is 280 g/mol. The van der Waals surface area contributed by atoms with E-state index in [9.17, 15) is 10.1 Å². The first kappa shape index (κ1) is 14.3. The Labute approximate surface area is 128 Å². The quantitative estimate of drug-likeness (QED) is 0.695. The number of hydrogen-bond donors (Lipinski definition) is 1. The minimum Gasteiger partial charge on any atom is -0.378 e. The van der Waals surface area contributed by atoms with Crippen molar-refractivity contribution >= 4 is 17.2 Å². The highest BCUT2D eigenvalue weighted by Crippen LogP contribution is 2.36. The summed E-state index contributed by atoms with van der Waals surface area (Å²) in [5.41, 5.74) is 7.50. The highest BCUT2D eigenvalue weighted by molar-refractivity contribution is 5.72. The Morgan fingerprint density at radius 3 is 2.50 bits per heavy atom. The van der Waals surface area contributed by atoms with Crippen molar-refractivity contribution in [2.75, 3.05) is 23.7 Å². The largest absolute Gasteiger partial charge is 0.378 e. The van der Waals surface area contributed by atoms with Crippen molar-refractivity contribution in [2.24, 2.45) is 0 Å². The van der Waals surface area contributed by atoms with Gasteiger partial charge in [0, 0.05) is 19.3 Å². The molecule has 0 saturated carbocycles. The zero-order chi connectivity index (χ0) is 15.5. The third kappa shape index (κ3) is 2.72. The summed E-state index contributed by atoms with van der Waals surface area (Å²) in [5.74, 6) is 0.489. The van der Waals surface area contributed by atoms with Gasteiger partial charge in [-0.25, -0.2) is 4.98 Å². The SMILES string of the molecule is Nc1nccc(N2CCC(c3ccccc3)CC2)c1[N+](=O)[O-]. The predicted octanol–water partition coefficient (Wildman–Crippen LogP) is 2.96. The van der Waals surface area contributed by atoms with Crippen LogP contribution in [0.1, 0.15) is 24.3 Å². The van der Waals surface area contributed by atoms with Gasteiger partial charge < -0.3 is 10.6 Å².